The largest absolute Gasteiger partial charge is 0.357 e. The highest BCUT2D eigenvalue weighted by Crippen LogP contribution is 2.24. The van der Waals surface area contributed by atoms with Gasteiger partial charge in [-0.05, 0) is 48.4 Å². The summed E-state index contributed by atoms with van der Waals surface area (Å²) in [6, 6.07) is 7.57. The third kappa shape index (κ3) is 4.37. The molecular weight excluding hydrogens is 404 g/mol. The number of likely N-dealkylation sites (N-methyl/N-ethyl adjacent to an activating group) is 1. The van der Waals surface area contributed by atoms with E-state index in [1.165, 1.54) is 41.7 Å². The summed E-state index contributed by atoms with van der Waals surface area (Å²) in [5, 5.41) is 4.85. The fourth-order valence-electron chi connectivity index (χ4n) is 3.06. The average molecular weight is 423 g/mol. The van der Waals surface area contributed by atoms with Crippen molar-refractivity contribution in [2.24, 2.45) is 0 Å². The molecule has 1 atom stereocenters. The van der Waals surface area contributed by atoms with E-state index in [1.54, 1.807) is 0 Å². The van der Waals surface area contributed by atoms with Crippen LogP contribution in [0.25, 0.3) is 0 Å². The molecule has 2 aromatic rings. The average Bonchev–Trinajstić information content (AvgIpc) is 3.06. The summed E-state index contributed by atoms with van der Waals surface area (Å²) < 4.78 is 52.0. The molecule has 0 aromatic heterocycles. The van der Waals surface area contributed by atoms with E-state index >= 15 is 0 Å². The number of hydrogen-bond donors (Lipinski definition) is 2. The molecule has 2 N–H and O–H groups in total. The van der Waals surface area contributed by atoms with Gasteiger partial charge in [0.05, 0.1) is 11.4 Å². The second kappa shape index (κ2) is 8.16. The van der Waals surface area contributed by atoms with Crippen LogP contribution in [0.15, 0.2) is 42.5 Å². The monoisotopic (exact) mass is 423 g/mol. The Bertz CT molecular complexity index is 1040. The van der Waals surface area contributed by atoms with E-state index in [2.05, 4.69) is 10.6 Å². The smallest absolute Gasteiger partial charge is 0.252 e. The minimum absolute atomic E-state index is 0.0800. The molecule has 1 fully saturated rings. The molecule has 0 saturated carbocycles. The lowest BCUT2D eigenvalue weighted by atomic mass is 10.0. The van der Waals surface area contributed by atoms with Crippen LogP contribution in [-0.4, -0.2) is 39.6 Å². The first-order chi connectivity index (χ1) is 13.7. The quantitative estimate of drug-likeness (QED) is 0.766. The van der Waals surface area contributed by atoms with E-state index in [-0.39, 0.29) is 16.9 Å². The number of sulfonamides is 1. The fourth-order valence-corrected chi connectivity index (χ4v) is 4.62. The van der Waals surface area contributed by atoms with Crippen molar-refractivity contribution in [2.45, 2.75) is 12.5 Å². The molecule has 1 aliphatic heterocycles. The second-order valence-corrected chi connectivity index (χ2v) is 8.50. The standard InChI is InChI=1S/C19H19F2N3O4S/c1-22-19(26)17(13-5-8-15(20)16(21)11-13)23-18(25)12-3-6-14(7-4-12)24-9-2-10-29(24,27)28/h3-8,11,17H,2,9-10H2,1H3,(H,22,26)(H,23,25). The van der Waals surface area contributed by atoms with Crippen molar-refractivity contribution in [1.29, 1.82) is 0 Å². The summed E-state index contributed by atoms with van der Waals surface area (Å²) in [6.45, 7) is 0.378. The highest BCUT2D eigenvalue weighted by atomic mass is 32.2. The Labute approximate surface area is 166 Å². The Balaban J connectivity index is 1.81. The van der Waals surface area contributed by atoms with Crippen LogP contribution in [0.3, 0.4) is 0 Å². The molecular formula is C19H19F2N3O4S. The van der Waals surface area contributed by atoms with Crippen LogP contribution in [0, 0.1) is 11.6 Å². The van der Waals surface area contributed by atoms with Gasteiger partial charge in [0.2, 0.25) is 15.9 Å². The first kappa shape index (κ1) is 20.7. The molecule has 1 aliphatic rings. The summed E-state index contributed by atoms with van der Waals surface area (Å²) in [5.41, 5.74) is 0.709. The molecule has 1 unspecified atom stereocenters. The van der Waals surface area contributed by atoms with Crippen LogP contribution < -0.4 is 14.9 Å². The number of carbonyl (C=O) groups excluding carboxylic acids is 2. The maximum Gasteiger partial charge on any atom is 0.252 e. The number of rotatable bonds is 5. The van der Waals surface area contributed by atoms with Gasteiger partial charge in [0, 0.05) is 19.2 Å². The van der Waals surface area contributed by atoms with E-state index in [0.717, 1.165) is 12.1 Å². The minimum atomic E-state index is -3.34. The van der Waals surface area contributed by atoms with E-state index in [9.17, 15) is 26.8 Å². The van der Waals surface area contributed by atoms with Gasteiger partial charge in [-0.3, -0.25) is 13.9 Å². The van der Waals surface area contributed by atoms with Gasteiger partial charge in [-0.1, -0.05) is 6.07 Å². The Kier molecular flexibility index (Phi) is 5.83. The lowest BCUT2D eigenvalue weighted by Crippen LogP contribution is -2.39. The minimum Gasteiger partial charge on any atom is -0.357 e. The van der Waals surface area contributed by atoms with Gasteiger partial charge in [-0.25, -0.2) is 17.2 Å². The lowest BCUT2D eigenvalue weighted by molar-refractivity contribution is -0.122. The summed E-state index contributed by atoms with van der Waals surface area (Å²) in [6.07, 6.45) is 0.534. The molecule has 2 aromatic carbocycles. The van der Waals surface area contributed by atoms with Gasteiger partial charge >= 0.3 is 0 Å². The predicted octanol–water partition coefficient (Wildman–Crippen LogP) is 1.72. The molecule has 0 radical (unpaired) electrons. The van der Waals surface area contributed by atoms with Gasteiger partial charge in [-0.15, -0.1) is 0 Å². The van der Waals surface area contributed by atoms with Crippen LogP contribution in [0.1, 0.15) is 28.4 Å². The van der Waals surface area contributed by atoms with Crippen molar-refractivity contribution in [3.05, 3.63) is 65.2 Å². The van der Waals surface area contributed by atoms with Gasteiger partial charge in [0.1, 0.15) is 6.04 Å². The number of amides is 2. The molecule has 7 nitrogen and oxygen atoms in total. The van der Waals surface area contributed by atoms with Crippen molar-refractivity contribution in [1.82, 2.24) is 10.6 Å². The SMILES string of the molecule is CNC(=O)C(NC(=O)c1ccc(N2CCCS2(=O)=O)cc1)c1ccc(F)c(F)c1. The first-order valence-corrected chi connectivity index (χ1v) is 10.4. The van der Waals surface area contributed by atoms with Crippen LogP contribution in [0.5, 0.6) is 0 Å². The third-order valence-electron chi connectivity index (χ3n) is 4.58. The molecule has 0 spiro atoms. The number of nitrogens with zero attached hydrogens (tertiary/aromatic N) is 1. The maximum atomic E-state index is 13.5. The maximum absolute atomic E-state index is 13.5. The zero-order valence-corrected chi connectivity index (χ0v) is 16.3. The summed E-state index contributed by atoms with van der Waals surface area (Å²) in [7, 11) is -1.98. The molecule has 10 heteroatoms. The zero-order valence-electron chi connectivity index (χ0n) is 15.5. The molecule has 2 amide bonds. The number of benzene rings is 2. The van der Waals surface area contributed by atoms with Crippen LogP contribution >= 0.6 is 0 Å². The highest BCUT2D eigenvalue weighted by Gasteiger charge is 2.29. The van der Waals surface area contributed by atoms with Crippen molar-refractivity contribution in [3.8, 4) is 0 Å². The number of nitrogens with one attached hydrogen (secondary N) is 2. The summed E-state index contributed by atoms with van der Waals surface area (Å²) in [4.78, 5) is 24.7. The first-order valence-electron chi connectivity index (χ1n) is 8.81. The van der Waals surface area contributed by atoms with Crippen LogP contribution in [0.2, 0.25) is 0 Å². The van der Waals surface area contributed by atoms with Gasteiger partial charge in [0.15, 0.2) is 11.6 Å². The van der Waals surface area contributed by atoms with E-state index in [1.807, 2.05) is 0 Å². The molecule has 1 heterocycles. The summed E-state index contributed by atoms with van der Waals surface area (Å²) in [5.74, 6) is -3.36. The van der Waals surface area contributed by atoms with E-state index in [4.69, 9.17) is 0 Å². The van der Waals surface area contributed by atoms with Crippen LogP contribution in [-0.2, 0) is 14.8 Å². The predicted molar refractivity (Wildman–Crippen MR) is 103 cm³/mol. The Morgan fingerprint density at radius 3 is 2.31 bits per heavy atom. The lowest BCUT2D eigenvalue weighted by Gasteiger charge is -2.19. The summed E-state index contributed by atoms with van der Waals surface area (Å²) >= 11 is 0. The molecule has 29 heavy (non-hydrogen) atoms. The van der Waals surface area contributed by atoms with Gasteiger partial charge in [0.25, 0.3) is 5.91 Å². The van der Waals surface area contributed by atoms with E-state index in [0.29, 0.717) is 18.7 Å². The van der Waals surface area contributed by atoms with Gasteiger partial charge in [-0.2, -0.15) is 0 Å². The Hall–Kier alpha value is -3.01. The number of anilines is 1. The molecule has 154 valence electrons. The number of halogens is 2. The van der Waals surface area contributed by atoms with Crippen LogP contribution in [0.4, 0.5) is 14.5 Å². The zero-order chi connectivity index (χ0) is 21.2. The molecule has 0 aliphatic carbocycles. The molecule has 1 saturated heterocycles. The van der Waals surface area contributed by atoms with Crippen molar-refractivity contribution >= 4 is 27.5 Å². The Morgan fingerprint density at radius 2 is 1.76 bits per heavy atom. The topological polar surface area (TPSA) is 95.6 Å². The van der Waals surface area contributed by atoms with Gasteiger partial charge < -0.3 is 10.6 Å². The molecule has 0 bridgehead atoms. The van der Waals surface area contributed by atoms with Crippen molar-refractivity contribution < 1.29 is 26.8 Å². The third-order valence-corrected chi connectivity index (χ3v) is 6.45. The number of carbonyl (C=O) groups is 2. The Morgan fingerprint density at radius 1 is 1.07 bits per heavy atom. The van der Waals surface area contributed by atoms with E-state index < -0.39 is 39.5 Å². The second-order valence-electron chi connectivity index (χ2n) is 6.48. The van der Waals surface area contributed by atoms with Crippen molar-refractivity contribution in [3.63, 3.8) is 0 Å². The number of hydrogen-bond acceptors (Lipinski definition) is 4. The normalized spacial score (nSPS) is 16.3. The highest BCUT2D eigenvalue weighted by molar-refractivity contribution is 7.93. The fraction of sp³-hybridized carbons (Fsp3) is 0.263. The molecule has 3 rings (SSSR count). The van der Waals surface area contributed by atoms with Crippen molar-refractivity contribution in [2.75, 3.05) is 23.7 Å².